The summed E-state index contributed by atoms with van der Waals surface area (Å²) in [6.07, 6.45) is 3.92. The average molecular weight is 273 g/mol. The fourth-order valence-electron chi connectivity index (χ4n) is 3.35. The lowest BCUT2D eigenvalue weighted by atomic mass is 10.1. The van der Waals surface area contributed by atoms with Crippen molar-refractivity contribution in [3.8, 4) is 0 Å². The molecule has 2 aliphatic heterocycles. The molecular weight excluding hydrogens is 246 g/mol. The Bertz CT molecular complexity index is 378. The molecule has 0 aliphatic carbocycles. The molecule has 0 unspecified atom stereocenters. The zero-order chi connectivity index (χ0) is 13.6. The molecule has 1 aromatic rings. The summed E-state index contributed by atoms with van der Waals surface area (Å²) < 4.78 is 0. The predicted molar refractivity (Wildman–Crippen MR) is 84.1 cm³/mol. The van der Waals surface area contributed by atoms with Crippen molar-refractivity contribution in [2.75, 3.05) is 45.8 Å². The lowest BCUT2D eigenvalue weighted by molar-refractivity contribution is 0.126. The van der Waals surface area contributed by atoms with Gasteiger partial charge in [-0.3, -0.25) is 4.90 Å². The Balaban J connectivity index is 1.35. The van der Waals surface area contributed by atoms with Gasteiger partial charge in [-0.25, -0.2) is 0 Å². The van der Waals surface area contributed by atoms with Gasteiger partial charge in [-0.1, -0.05) is 30.3 Å². The summed E-state index contributed by atoms with van der Waals surface area (Å²) in [5.41, 5.74) is 1.46. The molecule has 20 heavy (non-hydrogen) atoms. The van der Waals surface area contributed by atoms with E-state index in [0.29, 0.717) is 0 Å². The fourth-order valence-corrected chi connectivity index (χ4v) is 3.35. The van der Waals surface area contributed by atoms with Gasteiger partial charge in [0.05, 0.1) is 0 Å². The number of nitrogens with zero attached hydrogens (tertiary/aromatic N) is 2. The minimum absolute atomic E-state index is 0.755. The first-order valence-electron chi connectivity index (χ1n) is 8.12. The van der Waals surface area contributed by atoms with Crippen LogP contribution in [0.3, 0.4) is 0 Å². The highest BCUT2D eigenvalue weighted by Crippen LogP contribution is 2.10. The normalized spacial score (nSPS) is 25.1. The van der Waals surface area contributed by atoms with Crippen molar-refractivity contribution in [3.05, 3.63) is 35.9 Å². The molecule has 0 aromatic heterocycles. The molecular formula is C17H27N3. The van der Waals surface area contributed by atoms with E-state index in [2.05, 4.69) is 45.4 Å². The van der Waals surface area contributed by atoms with Gasteiger partial charge < -0.3 is 10.2 Å². The number of hydrogen-bond acceptors (Lipinski definition) is 3. The number of benzene rings is 1. The van der Waals surface area contributed by atoms with Crippen LogP contribution in [0.15, 0.2) is 30.3 Å². The first-order chi connectivity index (χ1) is 9.90. The standard InChI is InChI=1S/C17H27N3/c1-2-5-16(6-3-1)8-10-19-11-13-20(14-12-19)15-17-7-4-9-18-17/h1-3,5-6,17-18H,4,7-15H2/t17-/m0/s1. The molecule has 2 heterocycles. The highest BCUT2D eigenvalue weighted by atomic mass is 15.3. The molecule has 110 valence electrons. The maximum atomic E-state index is 3.61. The van der Waals surface area contributed by atoms with Crippen LogP contribution in [0.1, 0.15) is 18.4 Å². The first-order valence-corrected chi connectivity index (χ1v) is 8.12. The van der Waals surface area contributed by atoms with Crippen LogP contribution in [0.4, 0.5) is 0 Å². The van der Waals surface area contributed by atoms with Crippen LogP contribution in [0, 0.1) is 0 Å². The molecule has 3 nitrogen and oxygen atoms in total. The molecule has 0 spiro atoms. The van der Waals surface area contributed by atoms with E-state index < -0.39 is 0 Å². The van der Waals surface area contributed by atoms with Crippen LogP contribution < -0.4 is 5.32 Å². The smallest absolute Gasteiger partial charge is 0.0195 e. The Kier molecular flexibility index (Phi) is 5.06. The van der Waals surface area contributed by atoms with Crippen molar-refractivity contribution in [1.29, 1.82) is 0 Å². The molecule has 0 amide bonds. The van der Waals surface area contributed by atoms with Crippen LogP contribution in [-0.4, -0.2) is 61.7 Å². The monoisotopic (exact) mass is 273 g/mol. The predicted octanol–water partition coefficient (Wildman–Crippen LogP) is 1.60. The lowest BCUT2D eigenvalue weighted by Gasteiger charge is -2.36. The molecule has 2 fully saturated rings. The van der Waals surface area contributed by atoms with Crippen LogP contribution in [-0.2, 0) is 6.42 Å². The zero-order valence-corrected chi connectivity index (χ0v) is 12.4. The van der Waals surface area contributed by atoms with Crippen molar-refractivity contribution in [1.82, 2.24) is 15.1 Å². The minimum atomic E-state index is 0.755. The third kappa shape index (κ3) is 4.05. The molecule has 0 radical (unpaired) electrons. The highest BCUT2D eigenvalue weighted by Gasteiger charge is 2.21. The molecule has 2 aliphatic rings. The van der Waals surface area contributed by atoms with Crippen molar-refractivity contribution >= 4 is 0 Å². The van der Waals surface area contributed by atoms with Gasteiger partial charge in [0.1, 0.15) is 0 Å². The van der Waals surface area contributed by atoms with E-state index in [1.165, 1.54) is 70.6 Å². The number of hydrogen-bond donors (Lipinski definition) is 1. The van der Waals surface area contributed by atoms with Crippen molar-refractivity contribution in [2.24, 2.45) is 0 Å². The molecule has 3 rings (SSSR count). The molecule has 1 aromatic carbocycles. The molecule has 3 heteroatoms. The zero-order valence-electron chi connectivity index (χ0n) is 12.4. The van der Waals surface area contributed by atoms with Crippen molar-refractivity contribution in [3.63, 3.8) is 0 Å². The third-order valence-corrected chi connectivity index (χ3v) is 4.67. The average Bonchev–Trinajstić information content (AvgIpc) is 3.01. The van der Waals surface area contributed by atoms with E-state index in [1.54, 1.807) is 0 Å². The van der Waals surface area contributed by atoms with Crippen LogP contribution in [0.5, 0.6) is 0 Å². The topological polar surface area (TPSA) is 18.5 Å². The van der Waals surface area contributed by atoms with E-state index in [1.807, 2.05) is 0 Å². The summed E-state index contributed by atoms with van der Waals surface area (Å²) in [6.45, 7) is 8.65. The van der Waals surface area contributed by atoms with E-state index in [4.69, 9.17) is 0 Å². The van der Waals surface area contributed by atoms with Crippen LogP contribution in [0.25, 0.3) is 0 Å². The first kappa shape index (κ1) is 14.1. The van der Waals surface area contributed by atoms with Crippen LogP contribution in [0.2, 0.25) is 0 Å². The Morgan fingerprint density at radius 2 is 1.75 bits per heavy atom. The van der Waals surface area contributed by atoms with Gasteiger partial charge in [0, 0.05) is 45.3 Å². The summed E-state index contributed by atoms with van der Waals surface area (Å²) >= 11 is 0. The second-order valence-electron chi connectivity index (χ2n) is 6.17. The molecule has 2 saturated heterocycles. The quantitative estimate of drug-likeness (QED) is 0.879. The Labute approximate surface area is 123 Å². The summed E-state index contributed by atoms with van der Waals surface area (Å²) in [5, 5.41) is 3.61. The lowest BCUT2D eigenvalue weighted by Crippen LogP contribution is -2.50. The maximum absolute atomic E-state index is 3.61. The molecule has 1 atom stereocenters. The SMILES string of the molecule is c1ccc(CCN2CCN(C[C@@H]3CCCN3)CC2)cc1. The molecule has 0 bridgehead atoms. The van der Waals surface area contributed by atoms with E-state index in [-0.39, 0.29) is 0 Å². The number of nitrogens with one attached hydrogen (secondary N) is 1. The largest absolute Gasteiger partial charge is 0.313 e. The summed E-state index contributed by atoms with van der Waals surface area (Å²) in [6, 6.07) is 11.6. The minimum Gasteiger partial charge on any atom is -0.313 e. The summed E-state index contributed by atoms with van der Waals surface area (Å²) in [4.78, 5) is 5.26. The van der Waals surface area contributed by atoms with E-state index >= 15 is 0 Å². The van der Waals surface area contributed by atoms with E-state index in [9.17, 15) is 0 Å². The Morgan fingerprint density at radius 1 is 1.00 bits per heavy atom. The maximum Gasteiger partial charge on any atom is 0.0195 e. The molecule has 1 N–H and O–H groups in total. The van der Waals surface area contributed by atoms with E-state index in [0.717, 1.165) is 6.04 Å². The van der Waals surface area contributed by atoms with Gasteiger partial charge in [0.15, 0.2) is 0 Å². The van der Waals surface area contributed by atoms with Gasteiger partial charge in [-0.05, 0) is 31.4 Å². The van der Waals surface area contributed by atoms with Crippen molar-refractivity contribution in [2.45, 2.75) is 25.3 Å². The second kappa shape index (κ2) is 7.21. The number of rotatable bonds is 5. The van der Waals surface area contributed by atoms with Gasteiger partial charge >= 0.3 is 0 Å². The molecule has 0 saturated carbocycles. The van der Waals surface area contributed by atoms with Gasteiger partial charge in [0.25, 0.3) is 0 Å². The van der Waals surface area contributed by atoms with Crippen LogP contribution >= 0.6 is 0 Å². The Hall–Kier alpha value is -0.900. The highest BCUT2D eigenvalue weighted by molar-refractivity contribution is 5.14. The Morgan fingerprint density at radius 3 is 2.45 bits per heavy atom. The third-order valence-electron chi connectivity index (χ3n) is 4.67. The van der Waals surface area contributed by atoms with Crippen molar-refractivity contribution < 1.29 is 0 Å². The van der Waals surface area contributed by atoms with Gasteiger partial charge in [-0.15, -0.1) is 0 Å². The number of piperazine rings is 1. The second-order valence-corrected chi connectivity index (χ2v) is 6.17. The summed E-state index contributed by atoms with van der Waals surface area (Å²) in [7, 11) is 0. The van der Waals surface area contributed by atoms with Gasteiger partial charge in [-0.2, -0.15) is 0 Å². The summed E-state index contributed by atoms with van der Waals surface area (Å²) in [5.74, 6) is 0. The van der Waals surface area contributed by atoms with Gasteiger partial charge in [0.2, 0.25) is 0 Å². The fraction of sp³-hybridized carbons (Fsp3) is 0.647.